The summed E-state index contributed by atoms with van der Waals surface area (Å²) in [5.41, 5.74) is 1.45. The Kier molecular flexibility index (Phi) is 4.75. The number of benzene rings is 1. The Balaban J connectivity index is 1.95. The number of rotatable bonds is 3. The number of ether oxygens (including phenoxy) is 1. The molecular formula is C12H9Cl3N2O3. The molecule has 106 valence electrons. The molecule has 1 aromatic heterocycles. The van der Waals surface area contributed by atoms with Crippen molar-refractivity contribution in [2.75, 3.05) is 11.9 Å². The van der Waals surface area contributed by atoms with E-state index in [1.165, 1.54) is 0 Å². The first-order valence-corrected chi connectivity index (χ1v) is 6.60. The normalized spacial score (nSPS) is 11.2. The predicted octanol–water partition coefficient (Wildman–Crippen LogP) is 4.26. The molecule has 0 bridgehead atoms. The number of anilines is 1. The van der Waals surface area contributed by atoms with Gasteiger partial charge in [0, 0.05) is 11.6 Å². The van der Waals surface area contributed by atoms with Crippen LogP contribution in [-0.2, 0) is 4.74 Å². The van der Waals surface area contributed by atoms with Crippen molar-refractivity contribution in [1.29, 1.82) is 0 Å². The first kappa shape index (κ1) is 15.0. The molecule has 1 N–H and O–H groups in total. The summed E-state index contributed by atoms with van der Waals surface area (Å²) in [5, 5.41) is 6.16. The highest BCUT2D eigenvalue weighted by atomic mass is 35.6. The molecular weight excluding hydrogens is 327 g/mol. The van der Waals surface area contributed by atoms with E-state index >= 15 is 0 Å². The lowest BCUT2D eigenvalue weighted by atomic mass is 10.2. The quantitative estimate of drug-likeness (QED) is 0.851. The number of nitrogens with zero attached hydrogens (tertiary/aromatic N) is 1. The Labute approximate surface area is 129 Å². The zero-order valence-corrected chi connectivity index (χ0v) is 12.2. The van der Waals surface area contributed by atoms with Gasteiger partial charge in [0.15, 0.2) is 0 Å². The van der Waals surface area contributed by atoms with Crippen molar-refractivity contribution in [3.05, 3.63) is 36.4 Å². The number of alkyl halides is 3. The third-order valence-electron chi connectivity index (χ3n) is 2.17. The lowest BCUT2D eigenvalue weighted by molar-refractivity contribution is 0.163. The summed E-state index contributed by atoms with van der Waals surface area (Å²) in [6.45, 7) is -0.372. The van der Waals surface area contributed by atoms with Crippen LogP contribution in [0.2, 0.25) is 0 Å². The standard InChI is InChI=1S/C12H9Cl3N2O3/c13-12(14,15)7-19-11(18)16-10-6-9(17-20-10)8-4-2-1-3-5-8/h1-6H,7H2,(H,16,18). The van der Waals surface area contributed by atoms with Crippen molar-refractivity contribution in [2.24, 2.45) is 0 Å². The number of hydrogen-bond donors (Lipinski definition) is 1. The minimum atomic E-state index is -1.66. The molecule has 0 saturated carbocycles. The summed E-state index contributed by atoms with van der Waals surface area (Å²) >= 11 is 16.4. The van der Waals surface area contributed by atoms with Gasteiger partial charge in [0.1, 0.15) is 12.3 Å². The molecule has 1 amide bonds. The summed E-state index contributed by atoms with van der Waals surface area (Å²) in [7, 11) is 0. The van der Waals surface area contributed by atoms with E-state index in [0.29, 0.717) is 5.69 Å². The zero-order valence-electron chi connectivity index (χ0n) is 9.98. The van der Waals surface area contributed by atoms with E-state index in [1.54, 1.807) is 6.07 Å². The molecule has 20 heavy (non-hydrogen) atoms. The molecule has 8 heteroatoms. The molecule has 0 fully saturated rings. The average molecular weight is 336 g/mol. The second-order valence-corrected chi connectivity index (χ2v) is 6.27. The topological polar surface area (TPSA) is 64.4 Å². The smallest absolute Gasteiger partial charge is 0.414 e. The third kappa shape index (κ3) is 4.59. The number of hydrogen-bond acceptors (Lipinski definition) is 4. The van der Waals surface area contributed by atoms with E-state index in [-0.39, 0.29) is 12.5 Å². The molecule has 0 radical (unpaired) electrons. The lowest BCUT2D eigenvalue weighted by Gasteiger charge is -2.10. The van der Waals surface area contributed by atoms with Gasteiger partial charge in [-0.25, -0.2) is 4.79 Å². The summed E-state index contributed by atoms with van der Waals surface area (Å²) in [5.74, 6) is 0.137. The second kappa shape index (κ2) is 6.35. The van der Waals surface area contributed by atoms with Crippen LogP contribution in [0.1, 0.15) is 0 Å². The molecule has 2 rings (SSSR count). The Hall–Kier alpha value is -1.43. The van der Waals surface area contributed by atoms with Crippen LogP contribution in [0.15, 0.2) is 40.9 Å². The highest BCUT2D eigenvalue weighted by Crippen LogP contribution is 2.26. The summed E-state index contributed by atoms with van der Waals surface area (Å²) in [6, 6.07) is 10.9. The van der Waals surface area contributed by atoms with Gasteiger partial charge in [0.25, 0.3) is 0 Å². The van der Waals surface area contributed by atoms with Crippen molar-refractivity contribution in [3.8, 4) is 11.3 Å². The summed E-state index contributed by atoms with van der Waals surface area (Å²) in [4.78, 5) is 11.4. The van der Waals surface area contributed by atoms with E-state index in [9.17, 15) is 4.79 Å². The third-order valence-corrected chi connectivity index (χ3v) is 2.50. The fraction of sp³-hybridized carbons (Fsp3) is 0.167. The first-order chi connectivity index (χ1) is 9.44. The molecule has 0 aliphatic heterocycles. The van der Waals surface area contributed by atoms with E-state index in [1.807, 2.05) is 30.3 Å². The minimum Gasteiger partial charge on any atom is -0.445 e. The molecule has 0 spiro atoms. The maximum Gasteiger partial charge on any atom is 0.414 e. The molecule has 0 atom stereocenters. The molecule has 1 aromatic carbocycles. The van der Waals surface area contributed by atoms with Gasteiger partial charge in [-0.15, -0.1) is 0 Å². The zero-order chi connectivity index (χ0) is 14.6. The largest absolute Gasteiger partial charge is 0.445 e. The van der Waals surface area contributed by atoms with Crippen LogP contribution in [0.5, 0.6) is 0 Å². The monoisotopic (exact) mass is 334 g/mol. The van der Waals surface area contributed by atoms with Gasteiger partial charge >= 0.3 is 6.09 Å². The van der Waals surface area contributed by atoms with Crippen LogP contribution in [0.4, 0.5) is 10.7 Å². The van der Waals surface area contributed by atoms with Gasteiger partial charge < -0.3 is 9.26 Å². The van der Waals surface area contributed by atoms with Crippen LogP contribution in [0.25, 0.3) is 11.3 Å². The molecule has 0 aliphatic rings. The van der Waals surface area contributed by atoms with Crippen LogP contribution < -0.4 is 5.32 Å². The maximum absolute atomic E-state index is 11.4. The highest BCUT2D eigenvalue weighted by molar-refractivity contribution is 6.67. The number of carbonyl (C=O) groups excluding carboxylic acids is 1. The summed E-state index contributed by atoms with van der Waals surface area (Å²) in [6.07, 6.45) is -0.799. The summed E-state index contributed by atoms with van der Waals surface area (Å²) < 4.78 is 7.99. The van der Waals surface area contributed by atoms with Crippen LogP contribution in [-0.4, -0.2) is 21.6 Å². The van der Waals surface area contributed by atoms with Gasteiger partial charge in [-0.1, -0.05) is 70.3 Å². The number of halogens is 3. The SMILES string of the molecule is O=C(Nc1cc(-c2ccccc2)no1)OCC(Cl)(Cl)Cl. The number of nitrogens with one attached hydrogen (secondary N) is 1. The molecule has 0 aliphatic carbocycles. The first-order valence-electron chi connectivity index (χ1n) is 5.47. The minimum absolute atomic E-state index is 0.137. The Morgan fingerprint density at radius 3 is 2.65 bits per heavy atom. The van der Waals surface area contributed by atoms with Crippen LogP contribution in [0, 0.1) is 0 Å². The molecule has 2 aromatic rings. The Morgan fingerprint density at radius 1 is 1.30 bits per heavy atom. The van der Waals surface area contributed by atoms with Gasteiger partial charge in [0.2, 0.25) is 9.68 Å². The van der Waals surface area contributed by atoms with Crippen molar-refractivity contribution in [2.45, 2.75) is 3.79 Å². The van der Waals surface area contributed by atoms with Gasteiger partial charge in [-0.2, -0.15) is 0 Å². The molecule has 1 heterocycles. The van der Waals surface area contributed by atoms with E-state index < -0.39 is 9.89 Å². The van der Waals surface area contributed by atoms with Crippen molar-refractivity contribution in [3.63, 3.8) is 0 Å². The van der Waals surface area contributed by atoms with Crippen molar-refractivity contribution < 1.29 is 14.1 Å². The van der Waals surface area contributed by atoms with Crippen molar-refractivity contribution in [1.82, 2.24) is 5.16 Å². The fourth-order valence-electron chi connectivity index (χ4n) is 1.36. The number of amides is 1. The Morgan fingerprint density at radius 2 is 2.00 bits per heavy atom. The molecule has 5 nitrogen and oxygen atoms in total. The molecule has 0 unspecified atom stereocenters. The fourth-order valence-corrected chi connectivity index (χ4v) is 1.53. The highest BCUT2D eigenvalue weighted by Gasteiger charge is 2.22. The number of aromatic nitrogens is 1. The van der Waals surface area contributed by atoms with Gasteiger partial charge in [0.05, 0.1) is 0 Å². The van der Waals surface area contributed by atoms with E-state index in [2.05, 4.69) is 10.5 Å². The Bertz CT molecular complexity index is 581. The predicted molar refractivity (Wildman–Crippen MR) is 77.2 cm³/mol. The van der Waals surface area contributed by atoms with Gasteiger partial charge in [-0.3, -0.25) is 5.32 Å². The molecule has 0 saturated heterocycles. The van der Waals surface area contributed by atoms with E-state index in [0.717, 1.165) is 5.56 Å². The number of carbonyl (C=O) groups is 1. The van der Waals surface area contributed by atoms with E-state index in [4.69, 9.17) is 44.1 Å². The average Bonchev–Trinajstić information content (AvgIpc) is 2.85. The van der Waals surface area contributed by atoms with Crippen LogP contribution in [0.3, 0.4) is 0 Å². The second-order valence-electron chi connectivity index (χ2n) is 3.76. The van der Waals surface area contributed by atoms with Crippen molar-refractivity contribution >= 4 is 46.8 Å². The lowest BCUT2D eigenvalue weighted by Crippen LogP contribution is -2.21. The van der Waals surface area contributed by atoms with Gasteiger partial charge in [-0.05, 0) is 0 Å². The van der Waals surface area contributed by atoms with Crippen LogP contribution >= 0.6 is 34.8 Å². The maximum atomic E-state index is 11.4.